The molecule has 1 atom stereocenters. The highest BCUT2D eigenvalue weighted by molar-refractivity contribution is 8.26. The number of thioether (sulfide) groups is 1. The highest BCUT2D eigenvalue weighted by Crippen LogP contribution is 2.32. The van der Waals surface area contributed by atoms with Crippen molar-refractivity contribution in [2.75, 3.05) is 6.54 Å². The number of hydrogen-bond acceptors (Lipinski definition) is 3. The number of hydrogen-bond donors (Lipinski definition) is 0. The van der Waals surface area contributed by atoms with Crippen molar-refractivity contribution in [1.82, 2.24) is 4.90 Å². The van der Waals surface area contributed by atoms with E-state index >= 15 is 0 Å². The molecule has 2 aliphatic heterocycles. The van der Waals surface area contributed by atoms with Gasteiger partial charge < -0.3 is 4.90 Å². The first-order valence-corrected chi connectivity index (χ1v) is 4.13. The van der Waals surface area contributed by atoms with Crippen LogP contribution in [0.5, 0.6) is 0 Å². The second-order valence-electron chi connectivity index (χ2n) is 2.54. The van der Waals surface area contributed by atoms with Gasteiger partial charge in [-0.2, -0.15) is 0 Å². The minimum absolute atomic E-state index is 0.0440. The number of nitrogens with zero attached hydrogens (tertiary/aromatic N) is 1. The molecule has 0 aromatic heterocycles. The van der Waals surface area contributed by atoms with Crippen molar-refractivity contribution in [3.8, 4) is 0 Å². The van der Waals surface area contributed by atoms with Crippen LogP contribution >= 0.6 is 11.8 Å². The van der Waals surface area contributed by atoms with Gasteiger partial charge in [0.25, 0.3) is 5.24 Å². The van der Waals surface area contributed by atoms with Gasteiger partial charge >= 0.3 is 0 Å². The van der Waals surface area contributed by atoms with Crippen LogP contribution in [-0.2, 0) is 4.79 Å². The summed E-state index contributed by atoms with van der Waals surface area (Å²) >= 11 is 0.861. The lowest BCUT2D eigenvalue weighted by atomic mass is 10.2. The lowest BCUT2D eigenvalue weighted by molar-refractivity contribution is -0.113. The molecule has 4 heteroatoms. The van der Waals surface area contributed by atoms with Gasteiger partial charge in [0.1, 0.15) is 6.04 Å². The second kappa shape index (κ2) is 1.99. The van der Waals surface area contributed by atoms with Crippen molar-refractivity contribution in [1.29, 1.82) is 0 Å². The highest BCUT2D eigenvalue weighted by Gasteiger charge is 2.42. The number of carbonyl (C=O) groups is 2. The van der Waals surface area contributed by atoms with Crippen LogP contribution < -0.4 is 0 Å². The van der Waals surface area contributed by atoms with Crippen LogP contribution in [0, 0.1) is 0 Å². The molecule has 2 fully saturated rings. The lowest BCUT2D eigenvalue weighted by Crippen LogP contribution is -2.28. The van der Waals surface area contributed by atoms with E-state index in [4.69, 9.17) is 0 Å². The quantitative estimate of drug-likeness (QED) is 0.523. The Hall–Kier alpha value is -0.510. The average molecular weight is 157 g/mol. The Bertz CT molecular complexity index is 184. The Morgan fingerprint density at radius 3 is 3.00 bits per heavy atom. The summed E-state index contributed by atoms with van der Waals surface area (Å²) in [6.45, 7) is 0.780. The molecule has 0 unspecified atom stereocenters. The van der Waals surface area contributed by atoms with E-state index in [1.807, 2.05) is 0 Å². The molecule has 0 N–H and O–H groups in total. The van der Waals surface area contributed by atoms with Crippen LogP contribution in [0.15, 0.2) is 0 Å². The van der Waals surface area contributed by atoms with Crippen molar-refractivity contribution in [3.63, 3.8) is 0 Å². The molecule has 54 valence electrons. The molecule has 0 bridgehead atoms. The summed E-state index contributed by atoms with van der Waals surface area (Å²) in [5.41, 5.74) is 0. The van der Waals surface area contributed by atoms with E-state index in [1.54, 1.807) is 4.90 Å². The SMILES string of the molecule is O=C1SC(=O)N2CCC[C@@H]12. The summed E-state index contributed by atoms with van der Waals surface area (Å²) in [5.74, 6) is 0. The Balaban J connectivity index is 2.27. The van der Waals surface area contributed by atoms with E-state index < -0.39 is 0 Å². The Kier molecular flexibility index (Phi) is 1.23. The zero-order valence-electron chi connectivity index (χ0n) is 5.37. The molecule has 0 radical (unpaired) electrons. The molecular formula is C6H7NO2S. The maximum atomic E-state index is 11.0. The van der Waals surface area contributed by atoms with E-state index in [1.165, 1.54) is 0 Å². The van der Waals surface area contributed by atoms with Crippen LogP contribution in [-0.4, -0.2) is 27.8 Å². The first-order valence-electron chi connectivity index (χ1n) is 3.31. The molecule has 0 aromatic rings. The van der Waals surface area contributed by atoms with Crippen molar-refractivity contribution in [2.24, 2.45) is 0 Å². The molecule has 0 aromatic carbocycles. The molecule has 0 aliphatic carbocycles. The maximum absolute atomic E-state index is 11.0. The molecule has 2 saturated heterocycles. The zero-order valence-corrected chi connectivity index (χ0v) is 6.19. The third kappa shape index (κ3) is 0.683. The van der Waals surface area contributed by atoms with Crippen LogP contribution in [0.4, 0.5) is 4.79 Å². The minimum Gasteiger partial charge on any atom is -0.322 e. The largest absolute Gasteiger partial charge is 0.322 e. The molecule has 0 spiro atoms. The average Bonchev–Trinajstić information content (AvgIpc) is 2.39. The standard InChI is InChI=1S/C6H7NO2S/c8-5-4-2-1-3-7(4)6(9)10-5/h4H,1-3H2/t4-/m0/s1. The van der Waals surface area contributed by atoms with Gasteiger partial charge in [0.2, 0.25) is 5.12 Å². The molecule has 2 heterocycles. The van der Waals surface area contributed by atoms with E-state index in [0.717, 1.165) is 31.1 Å². The number of fused-ring (bicyclic) bond motifs is 1. The number of carbonyl (C=O) groups excluding carboxylic acids is 2. The van der Waals surface area contributed by atoms with Gasteiger partial charge in [-0.25, -0.2) is 0 Å². The van der Waals surface area contributed by atoms with Gasteiger partial charge in [-0.15, -0.1) is 0 Å². The Labute approximate surface area is 62.8 Å². The van der Waals surface area contributed by atoms with Gasteiger partial charge in [0.05, 0.1) is 0 Å². The summed E-state index contributed by atoms with van der Waals surface area (Å²) < 4.78 is 0. The molecule has 2 rings (SSSR count). The van der Waals surface area contributed by atoms with E-state index in [0.29, 0.717) is 0 Å². The third-order valence-electron chi connectivity index (χ3n) is 1.95. The van der Waals surface area contributed by atoms with Crippen LogP contribution in [0.3, 0.4) is 0 Å². The molecule has 2 aliphatic rings. The molecular weight excluding hydrogens is 150 g/mol. The first-order chi connectivity index (χ1) is 4.79. The molecule has 10 heavy (non-hydrogen) atoms. The minimum atomic E-state index is -0.0718. The lowest BCUT2D eigenvalue weighted by Gasteiger charge is -2.10. The van der Waals surface area contributed by atoms with Gasteiger partial charge in [-0.3, -0.25) is 9.59 Å². The van der Waals surface area contributed by atoms with Gasteiger partial charge in [-0.05, 0) is 12.8 Å². The molecule has 0 saturated carbocycles. The molecule has 3 nitrogen and oxygen atoms in total. The third-order valence-corrected chi connectivity index (χ3v) is 2.83. The fourth-order valence-electron chi connectivity index (χ4n) is 1.44. The van der Waals surface area contributed by atoms with Crippen molar-refractivity contribution in [3.05, 3.63) is 0 Å². The fraction of sp³-hybridized carbons (Fsp3) is 0.667. The summed E-state index contributed by atoms with van der Waals surface area (Å²) in [6.07, 6.45) is 1.86. The smallest absolute Gasteiger partial charge is 0.289 e. The maximum Gasteiger partial charge on any atom is 0.289 e. The fourth-order valence-corrected chi connectivity index (χ4v) is 2.33. The first kappa shape index (κ1) is 6.22. The van der Waals surface area contributed by atoms with E-state index in [9.17, 15) is 9.59 Å². The normalized spacial score (nSPS) is 31.6. The monoisotopic (exact) mass is 157 g/mol. The zero-order chi connectivity index (χ0) is 7.14. The van der Waals surface area contributed by atoms with Crippen molar-refractivity contribution < 1.29 is 9.59 Å². The van der Waals surface area contributed by atoms with Crippen molar-refractivity contribution >= 4 is 22.1 Å². The predicted molar refractivity (Wildman–Crippen MR) is 37.7 cm³/mol. The Morgan fingerprint density at radius 2 is 2.30 bits per heavy atom. The summed E-state index contributed by atoms with van der Waals surface area (Å²) in [4.78, 5) is 23.6. The highest BCUT2D eigenvalue weighted by atomic mass is 32.2. The van der Waals surface area contributed by atoms with Crippen LogP contribution in [0.2, 0.25) is 0 Å². The predicted octanol–water partition coefficient (Wildman–Crippen LogP) is 0.844. The topological polar surface area (TPSA) is 37.4 Å². The van der Waals surface area contributed by atoms with Crippen LogP contribution in [0.1, 0.15) is 12.8 Å². The summed E-state index contributed by atoms with van der Waals surface area (Å²) in [5, 5.41) is -0.00463. The Morgan fingerprint density at radius 1 is 1.50 bits per heavy atom. The second-order valence-corrected chi connectivity index (χ2v) is 3.49. The van der Waals surface area contributed by atoms with Gasteiger partial charge in [0, 0.05) is 18.3 Å². The summed E-state index contributed by atoms with van der Waals surface area (Å²) in [6, 6.07) is -0.0718. The summed E-state index contributed by atoms with van der Waals surface area (Å²) in [7, 11) is 0. The van der Waals surface area contributed by atoms with Crippen molar-refractivity contribution in [2.45, 2.75) is 18.9 Å². The van der Waals surface area contributed by atoms with Crippen LogP contribution in [0.25, 0.3) is 0 Å². The number of amides is 1. The van der Waals surface area contributed by atoms with Gasteiger partial charge in [-0.1, -0.05) is 0 Å². The molecule has 1 amide bonds. The van der Waals surface area contributed by atoms with E-state index in [2.05, 4.69) is 0 Å². The van der Waals surface area contributed by atoms with E-state index in [-0.39, 0.29) is 16.4 Å². The number of rotatable bonds is 0. The van der Waals surface area contributed by atoms with Gasteiger partial charge in [0.15, 0.2) is 0 Å².